The number of aliphatic hydroxyl groups excluding tert-OH is 1. The second-order valence-electron chi connectivity index (χ2n) is 7.61. The molecule has 3 atom stereocenters. The Labute approximate surface area is 139 Å². The summed E-state index contributed by atoms with van der Waals surface area (Å²) in [5.74, 6) is 1.55. The molecular weight excluding hydrogens is 286 g/mol. The van der Waals surface area contributed by atoms with Crippen LogP contribution < -0.4 is 5.32 Å². The third-order valence-corrected chi connectivity index (χ3v) is 5.71. The third kappa shape index (κ3) is 3.85. The van der Waals surface area contributed by atoms with Gasteiger partial charge < -0.3 is 15.2 Å². The van der Waals surface area contributed by atoms with E-state index in [4.69, 9.17) is 4.74 Å². The van der Waals surface area contributed by atoms with Gasteiger partial charge >= 0.3 is 0 Å². The predicted octanol–water partition coefficient (Wildman–Crippen LogP) is 3.15. The lowest BCUT2D eigenvalue weighted by Gasteiger charge is -2.56. The summed E-state index contributed by atoms with van der Waals surface area (Å²) in [4.78, 5) is 0. The quantitative estimate of drug-likeness (QED) is 0.724. The van der Waals surface area contributed by atoms with Crippen LogP contribution in [0.2, 0.25) is 0 Å². The smallest absolute Gasteiger partial charge is 0.0897 e. The second-order valence-corrected chi connectivity index (χ2v) is 7.61. The van der Waals surface area contributed by atoms with Gasteiger partial charge in [-0.3, -0.25) is 0 Å². The van der Waals surface area contributed by atoms with Gasteiger partial charge in [0.15, 0.2) is 0 Å². The monoisotopic (exact) mass is 315 g/mol. The number of hydrogen-bond donors (Lipinski definition) is 2. The Morgan fingerprint density at radius 2 is 2.09 bits per heavy atom. The van der Waals surface area contributed by atoms with Crippen molar-refractivity contribution in [3.63, 3.8) is 0 Å². The Kier molecular flexibility index (Phi) is 5.20. The van der Waals surface area contributed by atoms with Crippen molar-refractivity contribution in [2.24, 2.45) is 17.3 Å². The van der Waals surface area contributed by atoms with E-state index in [0.29, 0.717) is 31.1 Å². The van der Waals surface area contributed by atoms with E-state index in [-0.39, 0.29) is 0 Å². The molecule has 23 heavy (non-hydrogen) atoms. The first kappa shape index (κ1) is 16.7. The number of fused-ring (bicyclic) bond motifs is 1. The average molecular weight is 315 g/mol. The Morgan fingerprint density at radius 1 is 1.30 bits per heavy atom. The van der Waals surface area contributed by atoms with E-state index >= 15 is 0 Å². The molecule has 2 N–H and O–H groups in total. The van der Waals surface area contributed by atoms with Gasteiger partial charge in [-0.25, -0.2) is 0 Å². The number of hydrogen-bond acceptors (Lipinski definition) is 3. The zero-order valence-electron chi connectivity index (χ0n) is 14.3. The minimum absolute atomic E-state index is 0.399. The van der Waals surface area contributed by atoms with E-state index < -0.39 is 6.10 Å². The van der Waals surface area contributed by atoms with Crippen molar-refractivity contribution in [2.75, 3.05) is 19.8 Å². The molecule has 3 nitrogen and oxygen atoms in total. The van der Waals surface area contributed by atoms with Crippen molar-refractivity contribution >= 4 is 0 Å². The molecule has 0 amide bonds. The lowest BCUT2D eigenvalue weighted by atomic mass is 9.49. The van der Waals surface area contributed by atoms with E-state index in [1.54, 1.807) is 0 Å². The van der Waals surface area contributed by atoms with Crippen molar-refractivity contribution in [3.8, 4) is 0 Å². The average Bonchev–Trinajstić information content (AvgIpc) is 2.56. The number of ether oxygens (including phenoxy) is 1. The molecular formula is C20H29NO2. The summed E-state index contributed by atoms with van der Waals surface area (Å²) in [7, 11) is 0. The molecule has 0 saturated heterocycles. The maximum absolute atomic E-state index is 10.0. The molecule has 0 spiro atoms. The highest BCUT2D eigenvalue weighted by Gasteiger charge is 2.50. The Hall–Kier alpha value is -1.16. The van der Waals surface area contributed by atoms with Gasteiger partial charge in [0, 0.05) is 13.1 Å². The van der Waals surface area contributed by atoms with E-state index in [0.717, 1.165) is 12.5 Å². The summed E-state index contributed by atoms with van der Waals surface area (Å²) in [6, 6.07) is 10.2. The highest BCUT2D eigenvalue weighted by Crippen LogP contribution is 2.59. The van der Waals surface area contributed by atoms with Crippen molar-refractivity contribution in [1.29, 1.82) is 0 Å². The van der Waals surface area contributed by atoms with Gasteiger partial charge in [0.25, 0.3) is 0 Å². The van der Waals surface area contributed by atoms with Crippen molar-refractivity contribution in [1.82, 2.24) is 5.32 Å². The number of benzene rings is 1. The number of nitrogens with one attached hydrogen (secondary N) is 1. The van der Waals surface area contributed by atoms with Crippen LogP contribution in [-0.2, 0) is 11.3 Å². The molecule has 3 aliphatic rings. The summed E-state index contributed by atoms with van der Waals surface area (Å²) < 4.78 is 5.77. The zero-order chi connectivity index (χ0) is 16.3. The molecule has 1 saturated carbocycles. The van der Waals surface area contributed by atoms with Crippen molar-refractivity contribution in [2.45, 2.75) is 39.3 Å². The topological polar surface area (TPSA) is 41.5 Å². The van der Waals surface area contributed by atoms with E-state index in [1.165, 1.54) is 24.0 Å². The normalized spacial score (nSPS) is 26.3. The third-order valence-electron chi connectivity index (χ3n) is 5.71. The van der Waals surface area contributed by atoms with E-state index in [2.05, 4.69) is 37.4 Å². The highest BCUT2D eigenvalue weighted by atomic mass is 16.5. The van der Waals surface area contributed by atoms with Crippen LogP contribution in [0.3, 0.4) is 0 Å². The van der Waals surface area contributed by atoms with Crippen LogP contribution in [0, 0.1) is 17.3 Å². The van der Waals surface area contributed by atoms with Gasteiger partial charge in [0.1, 0.15) is 0 Å². The van der Waals surface area contributed by atoms with Gasteiger partial charge in [-0.1, -0.05) is 50.3 Å². The Morgan fingerprint density at radius 3 is 2.78 bits per heavy atom. The first-order valence-electron chi connectivity index (χ1n) is 8.76. The first-order chi connectivity index (χ1) is 11.1. The molecule has 1 fully saturated rings. The first-order valence-corrected chi connectivity index (χ1v) is 8.76. The van der Waals surface area contributed by atoms with E-state index in [1.807, 2.05) is 18.2 Å². The summed E-state index contributed by atoms with van der Waals surface area (Å²) in [5.41, 5.74) is 3.13. The SMILES string of the molecule is CC1(C)[C@H]2CC=C(COC[C@H](O)CNCc3ccccc3)[C@H]1C2. The van der Waals surface area contributed by atoms with Crippen LogP contribution in [0.25, 0.3) is 0 Å². The molecule has 1 aromatic rings. The molecule has 4 rings (SSSR count). The molecule has 2 bridgehead atoms. The number of aliphatic hydroxyl groups is 1. The van der Waals surface area contributed by atoms with Crippen LogP contribution >= 0.6 is 0 Å². The molecule has 1 aromatic carbocycles. The second kappa shape index (κ2) is 7.16. The van der Waals surface area contributed by atoms with Gasteiger partial charge in [0.05, 0.1) is 19.3 Å². The van der Waals surface area contributed by atoms with E-state index in [9.17, 15) is 5.11 Å². The lowest BCUT2D eigenvalue weighted by molar-refractivity contribution is -0.0235. The van der Waals surface area contributed by atoms with Crippen LogP contribution in [0.5, 0.6) is 0 Å². The number of rotatable bonds is 8. The molecule has 0 unspecified atom stereocenters. The molecule has 0 radical (unpaired) electrons. The number of allylic oxidation sites excluding steroid dienone is 1. The van der Waals surface area contributed by atoms with Crippen LogP contribution in [0.4, 0.5) is 0 Å². The zero-order valence-corrected chi connectivity index (χ0v) is 14.3. The minimum atomic E-state index is -0.454. The lowest BCUT2D eigenvalue weighted by Crippen LogP contribution is -2.48. The fourth-order valence-corrected chi connectivity index (χ4v) is 3.99. The van der Waals surface area contributed by atoms with Gasteiger partial charge in [-0.05, 0) is 41.2 Å². The Balaban J connectivity index is 1.32. The standard InChI is InChI=1S/C20H29NO2/c1-20(2)17-9-8-16(19(20)10-17)13-23-14-18(22)12-21-11-15-6-4-3-5-7-15/h3-8,17-19,21-22H,9-14H2,1-2H3/t17-,18+,19+/m0/s1. The molecule has 0 heterocycles. The molecule has 0 aromatic heterocycles. The van der Waals surface area contributed by atoms with Crippen molar-refractivity contribution < 1.29 is 9.84 Å². The summed E-state index contributed by atoms with van der Waals surface area (Å²) in [5, 5.41) is 13.3. The summed E-state index contributed by atoms with van der Waals surface area (Å²) in [6.45, 7) is 7.17. The van der Waals surface area contributed by atoms with Crippen LogP contribution in [0.15, 0.2) is 42.0 Å². The Bertz CT molecular complexity index is 538. The molecule has 0 aliphatic heterocycles. The maximum atomic E-state index is 10.0. The maximum Gasteiger partial charge on any atom is 0.0897 e. The van der Waals surface area contributed by atoms with Gasteiger partial charge in [-0.15, -0.1) is 0 Å². The molecule has 3 heteroatoms. The van der Waals surface area contributed by atoms with Crippen molar-refractivity contribution in [3.05, 3.63) is 47.5 Å². The minimum Gasteiger partial charge on any atom is -0.389 e. The largest absolute Gasteiger partial charge is 0.389 e. The van der Waals surface area contributed by atoms with Crippen LogP contribution in [-0.4, -0.2) is 31.0 Å². The highest BCUT2D eigenvalue weighted by molar-refractivity contribution is 5.23. The fourth-order valence-electron chi connectivity index (χ4n) is 3.99. The predicted molar refractivity (Wildman–Crippen MR) is 93.1 cm³/mol. The summed E-state index contributed by atoms with van der Waals surface area (Å²) >= 11 is 0. The molecule has 3 aliphatic carbocycles. The molecule has 126 valence electrons. The van der Waals surface area contributed by atoms with Gasteiger partial charge in [-0.2, -0.15) is 0 Å². The fraction of sp³-hybridized carbons (Fsp3) is 0.600. The van der Waals surface area contributed by atoms with Crippen LogP contribution in [0.1, 0.15) is 32.3 Å². The summed E-state index contributed by atoms with van der Waals surface area (Å²) in [6.07, 6.45) is 4.43. The van der Waals surface area contributed by atoms with Gasteiger partial charge in [0.2, 0.25) is 0 Å².